The van der Waals surface area contributed by atoms with Crippen LogP contribution in [0.2, 0.25) is 0 Å². The number of aliphatic hydroxyl groups is 1. The van der Waals surface area contributed by atoms with Crippen molar-refractivity contribution in [2.45, 2.75) is 56.4 Å². The van der Waals surface area contributed by atoms with Crippen LogP contribution in [-0.4, -0.2) is 40.7 Å². The van der Waals surface area contributed by atoms with Crippen LogP contribution in [0.25, 0.3) is 0 Å². The summed E-state index contributed by atoms with van der Waals surface area (Å²) in [5.74, 6) is -17.0. The molecule has 1 rings (SSSR count). The highest BCUT2D eigenvalue weighted by atomic mass is 19.4. The molecular weight excluding hydrogens is 342 g/mol. The third-order valence-corrected chi connectivity index (χ3v) is 3.87. The van der Waals surface area contributed by atoms with Crippen LogP contribution < -0.4 is 0 Å². The summed E-state index contributed by atoms with van der Waals surface area (Å²) in [5.41, 5.74) is -9.22. The lowest BCUT2D eigenvalue weighted by Crippen LogP contribution is -2.82. The van der Waals surface area contributed by atoms with E-state index in [1.54, 1.807) is 0 Å². The zero-order valence-corrected chi connectivity index (χ0v) is 11.1. The van der Waals surface area contributed by atoms with Crippen molar-refractivity contribution < 1.29 is 53.7 Å². The lowest BCUT2D eigenvalue weighted by atomic mass is 9.66. The number of hydrogen-bond donors (Lipinski definition) is 1. The molecule has 1 heterocycles. The fraction of sp³-hybridized carbons (Fsp3) is 1.00. The maximum absolute atomic E-state index is 14.0. The molecule has 1 fully saturated rings. The molecule has 0 aromatic carbocycles. The molecule has 132 valence electrons. The Hall–Kier alpha value is -0.780. The van der Waals surface area contributed by atoms with Crippen LogP contribution in [0.15, 0.2) is 0 Å². The summed E-state index contributed by atoms with van der Waals surface area (Å²) < 4.78 is 135. The molecule has 0 aliphatic carbocycles. The molecule has 1 N–H and O–H groups in total. The van der Waals surface area contributed by atoms with Gasteiger partial charge in [-0.05, 0) is 20.8 Å². The van der Waals surface area contributed by atoms with Crippen molar-refractivity contribution in [2.24, 2.45) is 5.41 Å². The smallest absolute Gasteiger partial charge is 0.354 e. The Balaban J connectivity index is 3.79. The van der Waals surface area contributed by atoms with Gasteiger partial charge in [-0.3, -0.25) is 0 Å². The predicted octanol–water partition coefficient (Wildman–Crippen LogP) is 3.89. The fourth-order valence-electron chi connectivity index (χ4n) is 2.11. The molecule has 2 nitrogen and oxygen atoms in total. The van der Waals surface area contributed by atoms with E-state index >= 15 is 0 Å². The lowest BCUT2D eigenvalue weighted by molar-refractivity contribution is -0.548. The normalized spacial score (nSPS) is 37.9. The molecule has 0 saturated carbocycles. The zero-order chi connectivity index (χ0) is 18.2. The first kappa shape index (κ1) is 19.3. The van der Waals surface area contributed by atoms with E-state index in [1.165, 1.54) is 0 Å². The minimum Gasteiger partial charge on any atom is -0.354 e. The van der Waals surface area contributed by atoms with Crippen LogP contribution in [0.5, 0.6) is 0 Å². The minimum absolute atomic E-state index is 0.212. The Labute approximate surface area is 117 Å². The van der Waals surface area contributed by atoms with Gasteiger partial charge in [-0.2, -0.15) is 35.1 Å². The van der Waals surface area contributed by atoms with Crippen LogP contribution in [0.4, 0.5) is 43.9 Å². The van der Waals surface area contributed by atoms with E-state index in [-0.39, 0.29) is 13.8 Å². The van der Waals surface area contributed by atoms with Crippen LogP contribution >= 0.6 is 0 Å². The van der Waals surface area contributed by atoms with Crippen molar-refractivity contribution in [2.75, 3.05) is 0 Å². The van der Waals surface area contributed by atoms with Gasteiger partial charge in [-0.25, -0.2) is 8.78 Å². The highest BCUT2D eigenvalue weighted by molar-refractivity contribution is 5.18. The van der Waals surface area contributed by atoms with Gasteiger partial charge in [0.2, 0.25) is 5.60 Å². The maximum atomic E-state index is 14.0. The topological polar surface area (TPSA) is 29.5 Å². The quantitative estimate of drug-likeness (QED) is 0.671. The molecule has 2 atom stereocenters. The zero-order valence-electron chi connectivity index (χ0n) is 11.1. The van der Waals surface area contributed by atoms with Crippen molar-refractivity contribution >= 4 is 0 Å². The van der Waals surface area contributed by atoms with Crippen LogP contribution in [-0.2, 0) is 4.74 Å². The van der Waals surface area contributed by atoms with E-state index in [2.05, 4.69) is 4.74 Å². The maximum Gasteiger partial charge on any atom is 0.449 e. The Morgan fingerprint density at radius 1 is 0.727 bits per heavy atom. The summed E-state index contributed by atoms with van der Waals surface area (Å²) in [4.78, 5) is 0. The molecule has 0 spiro atoms. The average Bonchev–Trinajstić information content (AvgIpc) is 2.23. The van der Waals surface area contributed by atoms with Gasteiger partial charge in [0.15, 0.2) is 0 Å². The minimum atomic E-state index is -6.46. The predicted molar refractivity (Wildman–Crippen MR) is 50.2 cm³/mol. The summed E-state index contributed by atoms with van der Waals surface area (Å²) in [7, 11) is 0. The average molecular weight is 352 g/mol. The Morgan fingerprint density at radius 3 is 1.36 bits per heavy atom. The molecule has 0 radical (unpaired) electrons. The van der Waals surface area contributed by atoms with E-state index in [4.69, 9.17) is 5.11 Å². The molecule has 12 heteroatoms. The van der Waals surface area contributed by atoms with Crippen molar-refractivity contribution in [1.82, 2.24) is 0 Å². The van der Waals surface area contributed by atoms with Crippen molar-refractivity contribution in [3.8, 4) is 0 Å². The standard InChI is InChI=1S/C10H10F10O2/c1-4(2)6(11,12)5(3,9(15,16)17)22-8(21,7(4,13)14)10(18,19)20/h21H,1-3H3. The molecule has 22 heavy (non-hydrogen) atoms. The Kier molecular flexibility index (Phi) is 3.67. The Morgan fingerprint density at radius 2 is 1.09 bits per heavy atom. The molecule has 1 aliphatic heterocycles. The highest BCUT2D eigenvalue weighted by Crippen LogP contribution is 2.67. The Bertz CT molecular complexity index is 425. The second-order valence-electron chi connectivity index (χ2n) is 5.55. The van der Waals surface area contributed by atoms with Gasteiger partial charge in [0.25, 0.3) is 5.92 Å². The number of rotatable bonds is 0. The molecule has 0 bridgehead atoms. The second kappa shape index (κ2) is 4.19. The van der Waals surface area contributed by atoms with E-state index in [9.17, 15) is 43.9 Å². The van der Waals surface area contributed by atoms with E-state index < -0.39 is 47.9 Å². The summed E-state index contributed by atoms with van der Waals surface area (Å²) >= 11 is 0. The third-order valence-electron chi connectivity index (χ3n) is 3.87. The highest BCUT2D eigenvalue weighted by Gasteiger charge is 2.91. The van der Waals surface area contributed by atoms with Gasteiger partial charge in [0, 0.05) is 0 Å². The summed E-state index contributed by atoms with van der Waals surface area (Å²) in [6.45, 7) is -0.951. The van der Waals surface area contributed by atoms with Gasteiger partial charge in [0.05, 0.1) is 0 Å². The number of hydrogen-bond acceptors (Lipinski definition) is 2. The molecule has 0 amide bonds. The molecular formula is C10H10F10O2. The van der Waals surface area contributed by atoms with Gasteiger partial charge >= 0.3 is 24.1 Å². The van der Waals surface area contributed by atoms with Gasteiger partial charge in [-0.15, -0.1) is 0 Å². The van der Waals surface area contributed by atoms with Crippen molar-refractivity contribution in [1.29, 1.82) is 0 Å². The number of ether oxygens (including phenoxy) is 1. The third kappa shape index (κ3) is 1.82. The molecule has 1 saturated heterocycles. The van der Waals surface area contributed by atoms with Crippen LogP contribution in [0.1, 0.15) is 20.8 Å². The largest absolute Gasteiger partial charge is 0.449 e. The first-order valence-corrected chi connectivity index (χ1v) is 5.52. The summed E-state index contributed by atoms with van der Waals surface area (Å²) in [5, 5.41) is 9.07. The van der Waals surface area contributed by atoms with E-state index in [1.807, 2.05) is 0 Å². The van der Waals surface area contributed by atoms with Crippen LogP contribution in [0.3, 0.4) is 0 Å². The van der Waals surface area contributed by atoms with Crippen molar-refractivity contribution in [3.05, 3.63) is 0 Å². The first-order chi connectivity index (χ1) is 9.21. The number of halogens is 10. The lowest BCUT2D eigenvalue weighted by Gasteiger charge is -2.58. The molecule has 0 aromatic heterocycles. The molecule has 2 unspecified atom stereocenters. The van der Waals surface area contributed by atoms with E-state index in [0.717, 1.165) is 0 Å². The van der Waals surface area contributed by atoms with E-state index in [0.29, 0.717) is 0 Å². The van der Waals surface area contributed by atoms with Gasteiger partial charge in [-0.1, -0.05) is 0 Å². The van der Waals surface area contributed by atoms with Gasteiger partial charge < -0.3 is 9.84 Å². The van der Waals surface area contributed by atoms with Crippen molar-refractivity contribution in [3.63, 3.8) is 0 Å². The molecule has 0 aromatic rings. The fourth-order valence-corrected chi connectivity index (χ4v) is 2.11. The van der Waals surface area contributed by atoms with Crippen LogP contribution in [0, 0.1) is 5.41 Å². The SMILES string of the molecule is CC1(C)C(F)(F)C(C)(C(F)(F)F)OC(O)(C(F)(F)F)C1(F)F. The monoisotopic (exact) mass is 352 g/mol. The number of alkyl halides is 10. The van der Waals surface area contributed by atoms with Gasteiger partial charge in [0.1, 0.15) is 5.41 Å². The first-order valence-electron chi connectivity index (χ1n) is 5.52. The second-order valence-corrected chi connectivity index (χ2v) is 5.55. The summed E-state index contributed by atoms with van der Waals surface area (Å²) in [6, 6.07) is 0. The molecule has 1 aliphatic rings. The summed E-state index contributed by atoms with van der Waals surface area (Å²) in [6.07, 6.45) is -12.6.